The topological polar surface area (TPSA) is 92.7 Å². The Labute approximate surface area is 75.9 Å². The van der Waals surface area contributed by atoms with Crippen LogP contribution in [0.3, 0.4) is 0 Å². The number of carbonyl (C=O) groups is 1. The van der Waals surface area contributed by atoms with Crippen LogP contribution in [0.1, 0.15) is 6.42 Å². The third-order valence-electron chi connectivity index (χ3n) is 1.59. The first-order valence-corrected chi connectivity index (χ1v) is 5.44. The summed E-state index contributed by atoms with van der Waals surface area (Å²) in [6, 6.07) is -0.274. The van der Waals surface area contributed by atoms with Gasteiger partial charge in [0.2, 0.25) is 10.0 Å². The third kappa shape index (κ3) is 3.71. The van der Waals surface area contributed by atoms with Crippen LogP contribution in [-0.4, -0.2) is 44.5 Å². The number of rotatable bonds is 4. The molecule has 0 bridgehead atoms. The smallest absolute Gasteiger partial charge is 0.320 e. The van der Waals surface area contributed by atoms with Crippen LogP contribution in [0.4, 0.5) is 0 Å². The zero-order valence-corrected chi connectivity index (χ0v) is 7.71. The van der Waals surface area contributed by atoms with Crippen molar-refractivity contribution >= 4 is 16.0 Å². The van der Waals surface area contributed by atoms with Crippen molar-refractivity contribution in [2.45, 2.75) is 12.5 Å². The van der Waals surface area contributed by atoms with Gasteiger partial charge in [-0.3, -0.25) is 4.79 Å². The Morgan fingerprint density at radius 3 is 2.77 bits per heavy atom. The van der Waals surface area contributed by atoms with Crippen molar-refractivity contribution in [1.82, 2.24) is 4.72 Å². The predicted molar refractivity (Wildman–Crippen MR) is 43.8 cm³/mol. The van der Waals surface area contributed by atoms with Gasteiger partial charge in [0.1, 0.15) is 0 Å². The molecule has 0 amide bonds. The summed E-state index contributed by atoms with van der Waals surface area (Å²) < 4.78 is 29.3. The minimum absolute atomic E-state index is 0.274. The highest BCUT2D eigenvalue weighted by molar-refractivity contribution is 7.90. The van der Waals surface area contributed by atoms with E-state index in [0.717, 1.165) is 0 Å². The SMILES string of the molecule is O=C(O)CS(=O)(=O)NC1CCOC1. The minimum atomic E-state index is -3.69. The molecule has 1 saturated heterocycles. The maximum Gasteiger partial charge on any atom is 0.320 e. The van der Waals surface area contributed by atoms with Crippen molar-refractivity contribution in [3.05, 3.63) is 0 Å². The maximum absolute atomic E-state index is 11.0. The van der Waals surface area contributed by atoms with Gasteiger partial charge < -0.3 is 9.84 Å². The minimum Gasteiger partial charge on any atom is -0.480 e. The predicted octanol–water partition coefficient (Wildman–Crippen LogP) is -1.22. The molecule has 0 spiro atoms. The highest BCUT2D eigenvalue weighted by Crippen LogP contribution is 2.04. The van der Waals surface area contributed by atoms with Crippen molar-refractivity contribution in [2.24, 2.45) is 0 Å². The Hall–Kier alpha value is -0.660. The number of ether oxygens (including phenoxy) is 1. The van der Waals surface area contributed by atoms with Gasteiger partial charge in [-0.2, -0.15) is 0 Å². The van der Waals surface area contributed by atoms with E-state index < -0.39 is 21.7 Å². The summed E-state index contributed by atoms with van der Waals surface area (Å²) in [6.45, 7) is 0.832. The van der Waals surface area contributed by atoms with Crippen LogP contribution in [0.25, 0.3) is 0 Å². The molecule has 7 heteroatoms. The average Bonchev–Trinajstić information content (AvgIpc) is 2.34. The highest BCUT2D eigenvalue weighted by Gasteiger charge is 2.23. The van der Waals surface area contributed by atoms with E-state index in [0.29, 0.717) is 19.6 Å². The van der Waals surface area contributed by atoms with Crippen molar-refractivity contribution < 1.29 is 23.1 Å². The standard InChI is InChI=1S/C6H11NO5S/c8-6(9)4-13(10,11)7-5-1-2-12-3-5/h5,7H,1-4H2,(H,8,9). The molecule has 2 N–H and O–H groups in total. The van der Waals surface area contributed by atoms with Crippen molar-refractivity contribution in [1.29, 1.82) is 0 Å². The van der Waals surface area contributed by atoms with Crippen molar-refractivity contribution in [3.8, 4) is 0 Å². The van der Waals surface area contributed by atoms with Crippen LogP contribution in [-0.2, 0) is 19.6 Å². The van der Waals surface area contributed by atoms with Crippen molar-refractivity contribution in [3.63, 3.8) is 0 Å². The number of carboxylic acid groups (broad SMARTS) is 1. The second kappa shape index (κ2) is 4.03. The third-order valence-corrected chi connectivity index (χ3v) is 2.91. The molecular formula is C6H11NO5S. The molecule has 0 radical (unpaired) electrons. The summed E-state index contributed by atoms with van der Waals surface area (Å²) in [6.07, 6.45) is 0.596. The zero-order chi connectivity index (χ0) is 9.90. The Kier molecular flexibility index (Phi) is 3.23. The molecule has 0 aromatic rings. The van der Waals surface area contributed by atoms with Crippen LogP contribution < -0.4 is 4.72 Å². The molecule has 6 nitrogen and oxygen atoms in total. The van der Waals surface area contributed by atoms with Gasteiger partial charge in [0.25, 0.3) is 0 Å². The fourth-order valence-electron chi connectivity index (χ4n) is 1.09. The normalized spacial score (nSPS) is 23.2. The molecule has 1 unspecified atom stereocenters. The van der Waals surface area contributed by atoms with E-state index in [-0.39, 0.29) is 6.04 Å². The zero-order valence-electron chi connectivity index (χ0n) is 6.89. The lowest BCUT2D eigenvalue weighted by molar-refractivity contribution is -0.134. The van der Waals surface area contributed by atoms with E-state index in [4.69, 9.17) is 9.84 Å². The Balaban J connectivity index is 2.46. The Bertz CT molecular complexity index is 279. The molecule has 1 aliphatic heterocycles. The van der Waals surface area contributed by atoms with E-state index in [1.165, 1.54) is 0 Å². The van der Waals surface area contributed by atoms with Gasteiger partial charge in [-0.15, -0.1) is 0 Å². The van der Waals surface area contributed by atoms with E-state index >= 15 is 0 Å². The van der Waals surface area contributed by atoms with Gasteiger partial charge in [0.15, 0.2) is 5.75 Å². The van der Waals surface area contributed by atoms with Crippen LogP contribution >= 0.6 is 0 Å². The van der Waals surface area contributed by atoms with Gasteiger partial charge >= 0.3 is 5.97 Å². The number of nitrogens with one attached hydrogen (secondary N) is 1. The largest absolute Gasteiger partial charge is 0.480 e. The van der Waals surface area contributed by atoms with E-state index in [9.17, 15) is 13.2 Å². The number of aliphatic carboxylic acids is 1. The number of hydrogen-bond acceptors (Lipinski definition) is 4. The molecule has 1 rings (SSSR count). The molecule has 0 aromatic heterocycles. The first-order valence-electron chi connectivity index (χ1n) is 3.79. The second-order valence-electron chi connectivity index (χ2n) is 2.83. The second-order valence-corrected chi connectivity index (χ2v) is 4.59. The van der Waals surface area contributed by atoms with Gasteiger partial charge in [0.05, 0.1) is 6.61 Å². The molecule has 1 atom stereocenters. The number of carboxylic acids is 1. The lowest BCUT2D eigenvalue weighted by Crippen LogP contribution is -2.38. The summed E-state index contributed by atoms with van der Waals surface area (Å²) >= 11 is 0. The maximum atomic E-state index is 11.0. The molecule has 1 heterocycles. The van der Waals surface area contributed by atoms with Gasteiger partial charge in [0, 0.05) is 12.6 Å². The van der Waals surface area contributed by atoms with E-state index in [2.05, 4.69) is 4.72 Å². The van der Waals surface area contributed by atoms with E-state index in [1.54, 1.807) is 0 Å². The van der Waals surface area contributed by atoms with Crippen molar-refractivity contribution in [2.75, 3.05) is 19.0 Å². The van der Waals surface area contributed by atoms with E-state index in [1.807, 2.05) is 0 Å². The van der Waals surface area contributed by atoms with Gasteiger partial charge in [-0.05, 0) is 6.42 Å². The van der Waals surface area contributed by atoms with Gasteiger partial charge in [-0.25, -0.2) is 13.1 Å². The lowest BCUT2D eigenvalue weighted by Gasteiger charge is -2.08. The molecule has 13 heavy (non-hydrogen) atoms. The Morgan fingerprint density at radius 1 is 1.62 bits per heavy atom. The van der Waals surface area contributed by atoms with Gasteiger partial charge in [-0.1, -0.05) is 0 Å². The fourth-order valence-corrected chi connectivity index (χ4v) is 2.19. The quantitative estimate of drug-likeness (QED) is 0.605. The molecule has 0 aromatic carbocycles. The first kappa shape index (κ1) is 10.4. The molecule has 1 fully saturated rings. The highest BCUT2D eigenvalue weighted by atomic mass is 32.2. The monoisotopic (exact) mass is 209 g/mol. The summed E-state index contributed by atoms with van der Waals surface area (Å²) in [5, 5.41) is 8.27. The first-order chi connectivity index (χ1) is 5.99. The molecule has 0 aliphatic carbocycles. The summed E-state index contributed by atoms with van der Waals surface area (Å²) in [5.41, 5.74) is 0. The van der Waals surface area contributed by atoms with Crippen LogP contribution in [0.2, 0.25) is 0 Å². The molecule has 0 saturated carbocycles. The summed E-state index contributed by atoms with van der Waals surface area (Å²) in [5.74, 6) is -2.24. The average molecular weight is 209 g/mol. The van der Waals surface area contributed by atoms with Crippen LogP contribution in [0.15, 0.2) is 0 Å². The summed E-state index contributed by atoms with van der Waals surface area (Å²) in [4.78, 5) is 10.1. The lowest BCUT2D eigenvalue weighted by atomic mass is 10.3. The van der Waals surface area contributed by atoms with Crippen LogP contribution in [0, 0.1) is 0 Å². The van der Waals surface area contributed by atoms with Crippen LogP contribution in [0.5, 0.6) is 0 Å². The molecule has 1 aliphatic rings. The molecular weight excluding hydrogens is 198 g/mol. The fraction of sp³-hybridized carbons (Fsp3) is 0.833. The number of sulfonamides is 1. The molecule has 76 valence electrons. The Morgan fingerprint density at radius 2 is 2.31 bits per heavy atom. The summed E-state index contributed by atoms with van der Waals surface area (Å²) in [7, 11) is -3.69. The number of hydrogen-bond donors (Lipinski definition) is 2.